The number of carbonyl (C=O) groups excluding carboxylic acids is 2. The number of aromatic nitrogens is 1. The summed E-state index contributed by atoms with van der Waals surface area (Å²) in [5.41, 5.74) is 2.84. The molecular formula is C25H34N4O4. The fraction of sp³-hybridized carbons (Fsp3) is 0.600. The van der Waals surface area contributed by atoms with E-state index < -0.39 is 6.04 Å². The van der Waals surface area contributed by atoms with Gasteiger partial charge in [-0.1, -0.05) is 6.42 Å². The zero-order valence-corrected chi connectivity index (χ0v) is 20.0. The fourth-order valence-electron chi connectivity index (χ4n) is 5.99. The highest BCUT2D eigenvalue weighted by molar-refractivity contribution is 5.91. The number of amides is 2. The smallest absolute Gasteiger partial charge is 0.237 e. The van der Waals surface area contributed by atoms with Crippen molar-refractivity contribution in [1.29, 1.82) is 0 Å². The maximum absolute atomic E-state index is 13.3. The molecule has 8 heteroatoms. The normalized spacial score (nSPS) is 21.8. The second-order valence-electron chi connectivity index (χ2n) is 10.3. The first-order valence-electron chi connectivity index (χ1n) is 11.8. The lowest BCUT2D eigenvalue weighted by atomic mass is 9.68. The summed E-state index contributed by atoms with van der Waals surface area (Å²) in [5.74, 6) is 1.19. The molecule has 2 aliphatic heterocycles. The molecule has 3 aliphatic rings. The van der Waals surface area contributed by atoms with Crippen LogP contribution in [-0.4, -0.2) is 90.2 Å². The molecule has 2 amide bonds. The summed E-state index contributed by atoms with van der Waals surface area (Å²) < 4.78 is 7.56. The predicted octanol–water partition coefficient (Wildman–Crippen LogP) is 1.50. The Balaban J connectivity index is 1.61. The quantitative estimate of drug-likeness (QED) is 0.741. The topological polar surface area (TPSA) is 78.2 Å². The van der Waals surface area contributed by atoms with Crippen molar-refractivity contribution in [1.82, 2.24) is 19.3 Å². The average molecular weight is 455 g/mol. The largest absolute Gasteiger partial charge is 0.497 e. The van der Waals surface area contributed by atoms with Crippen molar-refractivity contribution >= 4 is 22.7 Å². The Bertz CT molecular complexity index is 1100. The fourth-order valence-corrected chi connectivity index (χ4v) is 5.99. The van der Waals surface area contributed by atoms with Gasteiger partial charge in [-0.05, 0) is 44.6 Å². The molecule has 1 aliphatic carbocycles. The van der Waals surface area contributed by atoms with Crippen molar-refractivity contribution in [3.05, 3.63) is 29.5 Å². The van der Waals surface area contributed by atoms with Gasteiger partial charge in [0, 0.05) is 49.7 Å². The van der Waals surface area contributed by atoms with Crippen LogP contribution in [0, 0.1) is 5.92 Å². The first kappa shape index (κ1) is 22.2. The number of carbonyl (C=O) groups is 2. The summed E-state index contributed by atoms with van der Waals surface area (Å²) in [7, 11) is 7.40. The lowest BCUT2D eigenvalue weighted by Crippen LogP contribution is -2.69. The molecule has 0 radical (unpaired) electrons. The van der Waals surface area contributed by atoms with Gasteiger partial charge in [0.1, 0.15) is 5.75 Å². The minimum Gasteiger partial charge on any atom is -0.497 e. The number of likely N-dealkylation sites (tertiary alicyclic amines) is 1. The van der Waals surface area contributed by atoms with Gasteiger partial charge in [-0.3, -0.25) is 9.59 Å². The van der Waals surface area contributed by atoms with Crippen molar-refractivity contribution in [2.75, 3.05) is 54.0 Å². The Morgan fingerprint density at radius 1 is 1.21 bits per heavy atom. The molecule has 178 valence electrons. The van der Waals surface area contributed by atoms with E-state index in [2.05, 4.69) is 10.6 Å². The highest BCUT2D eigenvalue weighted by atomic mass is 16.5. The van der Waals surface area contributed by atoms with Gasteiger partial charge >= 0.3 is 0 Å². The maximum Gasteiger partial charge on any atom is 0.237 e. The Kier molecular flexibility index (Phi) is 5.40. The average Bonchev–Trinajstić information content (AvgIpc) is 3.01. The highest BCUT2D eigenvalue weighted by Crippen LogP contribution is 2.50. The Morgan fingerprint density at radius 2 is 1.94 bits per heavy atom. The van der Waals surface area contributed by atoms with Crippen molar-refractivity contribution in [3.8, 4) is 5.75 Å². The van der Waals surface area contributed by atoms with Crippen LogP contribution in [0.15, 0.2) is 18.2 Å². The molecule has 1 aromatic heterocycles. The highest BCUT2D eigenvalue weighted by Gasteiger charge is 2.56. The number of benzene rings is 1. The number of aryl methyl sites for hydroxylation is 1. The molecule has 5 rings (SSSR count). The summed E-state index contributed by atoms with van der Waals surface area (Å²) in [6, 6.07) is 5.64. The van der Waals surface area contributed by atoms with Gasteiger partial charge in [0.25, 0.3) is 0 Å². The van der Waals surface area contributed by atoms with Crippen LogP contribution in [0.3, 0.4) is 0 Å². The predicted molar refractivity (Wildman–Crippen MR) is 125 cm³/mol. The van der Waals surface area contributed by atoms with Gasteiger partial charge in [-0.15, -0.1) is 0 Å². The molecule has 1 aromatic carbocycles. The van der Waals surface area contributed by atoms with Gasteiger partial charge in [-0.25, -0.2) is 0 Å². The summed E-state index contributed by atoms with van der Waals surface area (Å²) >= 11 is 0. The molecule has 33 heavy (non-hydrogen) atoms. The molecule has 8 nitrogen and oxygen atoms in total. The Morgan fingerprint density at radius 3 is 2.52 bits per heavy atom. The Hall–Kier alpha value is -2.58. The van der Waals surface area contributed by atoms with Crippen molar-refractivity contribution in [2.24, 2.45) is 13.0 Å². The monoisotopic (exact) mass is 454 g/mol. The zero-order chi connectivity index (χ0) is 23.5. The van der Waals surface area contributed by atoms with Crippen molar-refractivity contribution in [3.63, 3.8) is 0 Å². The SMILES string of the molecule is COc1ccc2c3c(n(C)c2c1)[C@@H](CO)N(C(=O)CN(C)C)CC31CN(C(=O)C2CCC2)C1. The van der Waals surface area contributed by atoms with E-state index in [0.29, 0.717) is 19.6 Å². The van der Waals surface area contributed by atoms with E-state index in [1.54, 1.807) is 7.11 Å². The molecule has 0 unspecified atom stereocenters. The van der Waals surface area contributed by atoms with Crippen LogP contribution < -0.4 is 4.74 Å². The summed E-state index contributed by atoms with van der Waals surface area (Å²) in [6.45, 7) is 1.88. The van der Waals surface area contributed by atoms with Crippen LogP contribution in [0.25, 0.3) is 10.9 Å². The molecule has 1 N–H and O–H groups in total. The standard InChI is InChI=1S/C25H34N4O4/c1-26(2)11-21(31)29-15-25(13-28(14-25)24(32)16-6-5-7-16)22-18-9-8-17(33-4)10-19(18)27(3)23(22)20(29)12-30/h8-10,16,20,30H,5-7,11-15H2,1-4H3/t20-/m1/s1. The van der Waals surface area contributed by atoms with E-state index in [0.717, 1.165) is 41.6 Å². The number of hydrogen-bond acceptors (Lipinski definition) is 5. The third-order valence-corrected chi connectivity index (χ3v) is 7.85. The van der Waals surface area contributed by atoms with E-state index in [1.165, 1.54) is 5.56 Å². The Labute approximate surface area is 194 Å². The van der Waals surface area contributed by atoms with Crippen molar-refractivity contribution in [2.45, 2.75) is 30.7 Å². The van der Waals surface area contributed by atoms with E-state index in [4.69, 9.17) is 4.74 Å². The number of likely N-dealkylation sites (N-methyl/N-ethyl adjacent to an activating group) is 1. The number of nitrogens with zero attached hydrogens (tertiary/aromatic N) is 4. The molecule has 0 bridgehead atoms. The summed E-state index contributed by atoms with van der Waals surface area (Å²) in [5, 5.41) is 11.6. The molecule has 1 spiro atoms. The summed E-state index contributed by atoms with van der Waals surface area (Å²) in [6.07, 6.45) is 3.11. The molecule has 2 fully saturated rings. The molecule has 1 atom stereocenters. The number of fused-ring (bicyclic) bond motifs is 4. The van der Waals surface area contributed by atoms with Gasteiger partial charge in [0.15, 0.2) is 0 Å². The molecule has 2 aromatic rings. The van der Waals surface area contributed by atoms with E-state index in [9.17, 15) is 14.7 Å². The number of rotatable bonds is 5. The van der Waals surface area contributed by atoms with Crippen LogP contribution in [0.2, 0.25) is 0 Å². The summed E-state index contributed by atoms with van der Waals surface area (Å²) in [4.78, 5) is 31.9. The zero-order valence-electron chi connectivity index (χ0n) is 20.0. The number of hydrogen-bond donors (Lipinski definition) is 1. The van der Waals surface area contributed by atoms with Crippen molar-refractivity contribution < 1.29 is 19.4 Å². The van der Waals surface area contributed by atoms with Gasteiger partial charge in [0.05, 0.1) is 37.2 Å². The van der Waals surface area contributed by atoms with Crippen LogP contribution >= 0.6 is 0 Å². The van der Waals surface area contributed by atoms with E-state index in [1.807, 2.05) is 48.0 Å². The third kappa shape index (κ3) is 3.34. The van der Waals surface area contributed by atoms with Crippen LogP contribution in [-0.2, 0) is 22.1 Å². The second-order valence-corrected chi connectivity index (χ2v) is 10.3. The van der Waals surface area contributed by atoms with Crippen LogP contribution in [0.1, 0.15) is 36.6 Å². The van der Waals surface area contributed by atoms with Gasteiger partial charge in [0.2, 0.25) is 11.8 Å². The molecule has 3 heterocycles. The third-order valence-electron chi connectivity index (χ3n) is 7.85. The van der Waals surface area contributed by atoms with Gasteiger partial charge < -0.3 is 29.1 Å². The minimum atomic E-state index is -0.419. The minimum absolute atomic E-state index is 0.00400. The number of aliphatic hydroxyl groups excluding tert-OH is 1. The molecular weight excluding hydrogens is 420 g/mol. The number of methoxy groups -OCH3 is 1. The van der Waals surface area contributed by atoms with E-state index >= 15 is 0 Å². The lowest BCUT2D eigenvalue weighted by Gasteiger charge is -2.57. The van der Waals surface area contributed by atoms with Crippen LogP contribution in [0.4, 0.5) is 0 Å². The molecule has 1 saturated carbocycles. The lowest BCUT2D eigenvalue weighted by molar-refractivity contribution is -0.150. The van der Waals surface area contributed by atoms with Crippen LogP contribution in [0.5, 0.6) is 5.75 Å². The second kappa shape index (κ2) is 8.02. The maximum atomic E-state index is 13.3. The first-order chi connectivity index (χ1) is 15.8. The number of aliphatic hydroxyl groups is 1. The number of ether oxygens (including phenoxy) is 1. The van der Waals surface area contributed by atoms with E-state index in [-0.39, 0.29) is 36.3 Å². The molecule has 1 saturated heterocycles. The first-order valence-corrected chi connectivity index (χ1v) is 11.8. The van der Waals surface area contributed by atoms with Gasteiger partial charge in [-0.2, -0.15) is 0 Å².